The van der Waals surface area contributed by atoms with E-state index in [1.807, 2.05) is 12.3 Å². The first-order chi connectivity index (χ1) is 12.3. The molecule has 0 aliphatic carbocycles. The number of alkyl halides is 3. The van der Waals surface area contributed by atoms with Crippen molar-refractivity contribution in [1.29, 1.82) is 0 Å². The maximum absolute atomic E-state index is 12.7. The van der Waals surface area contributed by atoms with Crippen LogP contribution in [0.5, 0.6) is 0 Å². The Morgan fingerprint density at radius 2 is 1.81 bits per heavy atom. The number of hydrogen-bond acceptors (Lipinski definition) is 3. The zero-order valence-corrected chi connectivity index (χ0v) is 14.6. The van der Waals surface area contributed by atoms with Crippen molar-refractivity contribution in [2.24, 2.45) is 0 Å². The van der Waals surface area contributed by atoms with Gasteiger partial charge in [-0.25, -0.2) is 4.98 Å². The Bertz CT molecular complexity index is 917. The van der Waals surface area contributed by atoms with E-state index in [1.165, 1.54) is 23.5 Å². The third kappa shape index (κ3) is 4.11. The van der Waals surface area contributed by atoms with Crippen LogP contribution >= 0.6 is 11.3 Å². The summed E-state index contributed by atoms with van der Waals surface area (Å²) in [5.41, 5.74) is 1.70. The normalized spacial score (nSPS) is 11.4. The molecular weight excluding hydrogens is 361 g/mol. The maximum Gasteiger partial charge on any atom is 0.416 e. The van der Waals surface area contributed by atoms with Crippen molar-refractivity contribution in [1.82, 2.24) is 10.3 Å². The largest absolute Gasteiger partial charge is 0.416 e. The van der Waals surface area contributed by atoms with E-state index in [-0.39, 0.29) is 5.91 Å². The number of halogens is 3. The Kier molecular flexibility index (Phi) is 5.08. The third-order valence-corrected chi connectivity index (χ3v) is 4.73. The first kappa shape index (κ1) is 18.1. The van der Waals surface area contributed by atoms with Gasteiger partial charge in [0.05, 0.1) is 12.1 Å². The van der Waals surface area contributed by atoms with Crippen LogP contribution in [0.4, 0.5) is 13.2 Å². The lowest BCUT2D eigenvalue weighted by atomic mass is 9.98. The van der Waals surface area contributed by atoms with Crippen LogP contribution in [0.3, 0.4) is 0 Å². The summed E-state index contributed by atoms with van der Waals surface area (Å²) in [5, 5.41) is 5.50. The van der Waals surface area contributed by atoms with Crippen molar-refractivity contribution in [3.8, 4) is 11.1 Å². The second kappa shape index (κ2) is 7.29. The van der Waals surface area contributed by atoms with Gasteiger partial charge in [-0.05, 0) is 36.2 Å². The molecule has 0 aliphatic heterocycles. The third-order valence-electron chi connectivity index (χ3n) is 3.76. The van der Waals surface area contributed by atoms with Crippen molar-refractivity contribution in [3.05, 3.63) is 75.7 Å². The highest BCUT2D eigenvalue weighted by atomic mass is 32.1. The van der Waals surface area contributed by atoms with E-state index >= 15 is 0 Å². The molecule has 26 heavy (non-hydrogen) atoms. The summed E-state index contributed by atoms with van der Waals surface area (Å²) in [5.74, 6) is -0.298. The van der Waals surface area contributed by atoms with E-state index in [9.17, 15) is 18.0 Å². The molecule has 0 unspecified atom stereocenters. The Labute approximate surface area is 152 Å². The topological polar surface area (TPSA) is 42.0 Å². The van der Waals surface area contributed by atoms with Crippen LogP contribution < -0.4 is 5.32 Å². The van der Waals surface area contributed by atoms with Gasteiger partial charge in [-0.2, -0.15) is 13.2 Å². The summed E-state index contributed by atoms with van der Waals surface area (Å²) >= 11 is 1.46. The van der Waals surface area contributed by atoms with E-state index in [1.54, 1.807) is 24.3 Å². The standard InChI is InChI=1S/C19H15F3N2OS/c1-12-11-26-17(24-12)10-23-18(25)16-5-3-2-4-15(16)13-6-8-14(9-7-13)19(20,21)22/h2-9,11H,10H2,1H3,(H,23,25). The predicted molar refractivity (Wildman–Crippen MR) is 94.9 cm³/mol. The number of nitrogens with one attached hydrogen (secondary N) is 1. The SMILES string of the molecule is Cc1csc(CNC(=O)c2ccccc2-c2ccc(C(F)(F)F)cc2)n1. The van der Waals surface area contributed by atoms with Gasteiger partial charge in [-0.3, -0.25) is 4.79 Å². The highest BCUT2D eigenvalue weighted by Gasteiger charge is 2.30. The molecule has 0 atom stereocenters. The minimum Gasteiger partial charge on any atom is -0.346 e. The minimum absolute atomic E-state index is 0.298. The lowest BCUT2D eigenvalue weighted by Crippen LogP contribution is -2.23. The van der Waals surface area contributed by atoms with Gasteiger partial charge in [0.1, 0.15) is 5.01 Å². The number of aromatic nitrogens is 1. The van der Waals surface area contributed by atoms with Crippen LogP contribution in [0.1, 0.15) is 26.6 Å². The number of hydrogen-bond donors (Lipinski definition) is 1. The van der Waals surface area contributed by atoms with Crippen LogP contribution in [-0.2, 0) is 12.7 Å². The summed E-state index contributed by atoms with van der Waals surface area (Å²) in [6.07, 6.45) is -4.39. The van der Waals surface area contributed by atoms with Crippen molar-refractivity contribution in [2.75, 3.05) is 0 Å². The van der Waals surface area contributed by atoms with Crippen molar-refractivity contribution in [2.45, 2.75) is 19.6 Å². The first-order valence-electron chi connectivity index (χ1n) is 7.80. The average Bonchev–Trinajstić information content (AvgIpc) is 3.04. The van der Waals surface area contributed by atoms with E-state index < -0.39 is 11.7 Å². The van der Waals surface area contributed by atoms with Crippen LogP contribution in [0.15, 0.2) is 53.9 Å². The van der Waals surface area contributed by atoms with Gasteiger partial charge in [0.25, 0.3) is 5.91 Å². The molecule has 134 valence electrons. The Balaban J connectivity index is 1.82. The number of benzene rings is 2. The van der Waals surface area contributed by atoms with Crippen molar-refractivity contribution >= 4 is 17.2 Å². The van der Waals surface area contributed by atoms with Crippen LogP contribution in [0.25, 0.3) is 11.1 Å². The number of thiazole rings is 1. The second-order valence-corrected chi connectivity index (χ2v) is 6.63. The lowest BCUT2D eigenvalue weighted by Gasteiger charge is -2.11. The zero-order chi connectivity index (χ0) is 18.7. The maximum atomic E-state index is 12.7. The number of aryl methyl sites for hydroxylation is 1. The van der Waals surface area contributed by atoms with Crippen LogP contribution in [0.2, 0.25) is 0 Å². The quantitative estimate of drug-likeness (QED) is 0.691. The fourth-order valence-corrected chi connectivity index (χ4v) is 3.22. The number of carbonyl (C=O) groups excluding carboxylic acids is 1. The molecular formula is C19H15F3N2OS. The molecule has 0 radical (unpaired) electrons. The smallest absolute Gasteiger partial charge is 0.346 e. The molecule has 0 saturated heterocycles. The molecule has 1 amide bonds. The summed E-state index contributed by atoms with van der Waals surface area (Å²) < 4.78 is 38.2. The summed E-state index contributed by atoms with van der Waals surface area (Å²) in [4.78, 5) is 16.8. The molecule has 1 N–H and O–H groups in total. The van der Waals surface area contributed by atoms with Gasteiger partial charge in [0.2, 0.25) is 0 Å². The molecule has 1 heterocycles. The molecule has 0 spiro atoms. The molecule has 3 nitrogen and oxygen atoms in total. The number of amides is 1. The second-order valence-electron chi connectivity index (χ2n) is 5.69. The van der Waals surface area contributed by atoms with Crippen molar-refractivity contribution < 1.29 is 18.0 Å². The van der Waals surface area contributed by atoms with Crippen LogP contribution in [0, 0.1) is 6.92 Å². The fourth-order valence-electron chi connectivity index (χ4n) is 2.51. The monoisotopic (exact) mass is 376 g/mol. The highest BCUT2D eigenvalue weighted by Crippen LogP contribution is 2.31. The molecule has 3 aromatic rings. The molecule has 7 heteroatoms. The predicted octanol–water partition coefficient (Wildman–Crippen LogP) is 5.07. The number of nitrogens with zero attached hydrogens (tertiary/aromatic N) is 1. The molecule has 0 saturated carbocycles. The van der Waals surface area contributed by atoms with E-state index in [4.69, 9.17) is 0 Å². The Morgan fingerprint density at radius 3 is 2.42 bits per heavy atom. The van der Waals surface area contributed by atoms with Gasteiger partial charge < -0.3 is 5.32 Å². The molecule has 0 bridgehead atoms. The van der Waals surface area contributed by atoms with E-state index in [0.717, 1.165) is 22.8 Å². The molecule has 1 aromatic heterocycles. The lowest BCUT2D eigenvalue weighted by molar-refractivity contribution is -0.137. The van der Waals surface area contributed by atoms with Gasteiger partial charge in [-0.1, -0.05) is 30.3 Å². The zero-order valence-electron chi connectivity index (χ0n) is 13.8. The molecule has 0 aliphatic rings. The molecule has 3 rings (SSSR count). The molecule has 0 fully saturated rings. The summed E-state index contributed by atoms with van der Waals surface area (Å²) in [6.45, 7) is 2.18. The van der Waals surface area contributed by atoms with Crippen LogP contribution in [-0.4, -0.2) is 10.9 Å². The van der Waals surface area contributed by atoms with E-state index in [2.05, 4.69) is 10.3 Å². The summed E-state index contributed by atoms with van der Waals surface area (Å²) in [6, 6.07) is 11.6. The number of rotatable bonds is 4. The van der Waals surface area contributed by atoms with Crippen molar-refractivity contribution in [3.63, 3.8) is 0 Å². The minimum atomic E-state index is -4.39. The van der Waals surface area contributed by atoms with Gasteiger partial charge in [0, 0.05) is 16.6 Å². The number of carbonyl (C=O) groups is 1. The Morgan fingerprint density at radius 1 is 1.12 bits per heavy atom. The fraction of sp³-hybridized carbons (Fsp3) is 0.158. The van der Waals surface area contributed by atoms with Gasteiger partial charge in [-0.15, -0.1) is 11.3 Å². The Hall–Kier alpha value is -2.67. The first-order valence-corrected chi connectivity index (χ1v) is 8.68. The van der Waals surface area contributed by atoms with E-state index in [0.29, 0.717) is 23.2 Å². The highest BCUT2D eigenvalue weighted by molar-refractivity contribution is 7.09. The average molecular weight is 376 g/mol. The summed E-state index contributed by atoms with van der Waals surface area (Å²) in [7, 11) is 0. The van der Waals surface area contributed by atoms with Gasteiger partial charge in [0.15, 0.2) is 0 Å². The molecule has 2 aromatic carbocycles. The van der Waals surface area contributed by atoms with Gasteiger partial charge >= 0.3 is 6.18 Å².